The largest absolute Gasteiger partial charge is 0.462 e. The first kappa shape index (κ1) is 74.4. The van der Waals surface area contributed by atoms with Crippen LogP contribution in [0.5, 0.6) is 0 Å². The zero-order valence-corrected chi connectivity index (χ0v) is 51.7. The van der Waals surface area contributed by atoms with Gasteiger partial charge in [0, 0.05) is 19.3 Å². The predicted octanol–water partition coefficient (Wildman–Crippen LogP) is 23.3. The van der Waals surface area contributed by atoms with Crippen LogP contribution in [0.2, 0.25) is 0 Å². The normalized spacial score (nSPS) is 12.3. The summed E-state index contributed by atoms with van der Waals surface area (Å²) in [4.78, 5) is 38.4. The first-order chi connectivity index (χ1) is 38.0. The average Bonchev–Trinajstić information content (AvgIpc) is 3.43. The number of carbonyl (C=O) groups is 3. The lowest BCUT2D eigenvalue weighted by Crippen LogP contribution is -2.30. The number of allylic oxidation sites excluding steroid dienone is 8. The van der Waals surface area contributed by atoms with Crippen molar-refractivity contribution in [2.24, 2.45) is 0 Å². The van der Waals surface area contributed by atoms with E-state index >= 15 is 0 Å². The van der Waals surface area contributed by atoms with Gasteiger partial charge < -0.3 is 14.2 Å². The van der Waals surface area contributed by atoms with E-state index in [-0.39, 0.29) is 31.1 Å². The van der Waals surface area contributed by atoms with Gasteiger partial charge in [-0.25, -0.2) is 0 Å². The molecule has 0 saturated carbocycles. The van der Waals surface area contributed by atoms with Crippen LogP contribution >= 0.6 is 0 Å². The molecule has 1 atom stereocenters. The zero-order chi connectivity index (χ0) is 55.7. The lowest BCUT2D eigenvalue weighted by molar-refractivity contribution is -0.167. The SMILES string of the molecule is CC/C=C\C/C=C\C/C=C\C/C=C\CCCCCCC(=O)OC(COC(=O)CCCCCCCCCCCCCCCCCCC)COC(=O)CCCCCCCCCCCCCCCCCCCCCCCCCCC. The zero-order valence-electron chi connectivity index (χ0n) is 51.7. The van der Waals surface area contributed by atoms with Gasteiger partial charge in [0.15, 0.2) is 6.10 Å². The highest BCUT2D eigenvalue weighted by molar-refractivity contribution is 5.71. The molecule has 0 saturated heterocycles. The number of unbranched alkanes of at least 4 members (excludes halogenated alkanes) is 44. The lowest BCUT2D eigenvalue weighted by atomic mass is 10.0. The molecule has 6 nitrogen and oxygen atoms in total. The van der Waals surface area contributed by atoms with Crippen molar-refractivity contribution in [3.63, 3.8) is 0 Å². The second-order valence-corrected chi connectivity index (χ2v) is 23.1. The quantitative estimate of drug-likeness (QED) is 0.0261. The Bertz CT molecular complexity index is 1330. The van der Waals surface area contributed by atoms with Crippen LogP contribution in [0.4, 0.5) is 0 Å². The Hall–Kier alpha value is -2.63. The van der Waals surface area contributed by atoms with Crippen molar-refractivity contribution in [2.45, 2.75) is 374 Å². The molecule has 1 unspecified atom stereocenters. The minimum Gasteiger partial charge on any atom is -0.462 e. The highest BCUT2D eigenvalue weighted by atomic mass is 16.6. The number of hydrogen-bond donors (Lipinski definition) is 0. The third-order valence-corrected chi connectivity index (χ3v) is 15.3. The number of rotatable bonds is 63. The summed E-state index contributed by atoms with van der Waals surface area (Å²) in [6.07, 6.45) is 82.8. The van der Waals surface area contributed by atoms with Crippen LogP contribution in [0.15, 0.2) is 48.6 Å². The molecule has 0 fully saturated rings. The van der Waals surface area contributed by atoms with E-state index in [0.717, 1.165) is 96.3 Å². The molecule has 0 aromatic rings. The predicted molar refractivity (Wildman–Crippen MR) is 335 cm³/mol. The number of carbonyl (C=O) groups excluding carboxylic acids is 3. The van der Waals surface area contributed by atoms with Gasteiger partial charge in [0.2, 0.25) is 0 Å². The number of hydrogen-bond acceptors (Lipinski definition) is 6. The Balaban J connectivity index is 4.29. The van der Waals surface area contributed by atoms with Gasteiger partial charge in [-0.15, -0.1) is 0 Å². The third-order valence-electron chi connectivity index (χ3n) is 15.3. The standard InChI is InChI=1S/C71H130O6/c1-4-7-10-13-16-19-22-25-28-31-32-33-34-35-36-37-38-41-43-46-49-52-55-58-61-64-70(73)76-67-68(77-71(74)65-62-59-56-53-50-47-44-40-30-27-24-21-18-15-12-9-6-3)66-75-69(72)63-60-57-54-51-48-45-42-39-29-26-23-20-17-14-11-8-5-2/h9,12,18,21,27,30,44,47,68H,4-8,10-11,13-17,19-20,22-26,28-29,31-43,45-46,48-67H2,1-3H3/b12-9-,21-18-,30-27-,47-44-. The molecule has 0 aliphatic carbocycles. The molecule has 0 rings (SSSR count). The van der Waals surface area contributed by atoms with E-state index < -0.39 is 6.10 Å². The molecule has 0 N–H and O–H groups in total. The second-order valence-electron chi connectivity index (χ2n) is 23.1. The average molecular weight is 1080 g/mol. The molecular weight excluding hydrogens is 949 g/mol. The smallest absolute Gasteiger partial charge is 0.306 e. The molecule has 0 aromatic heterocycles. The van der Waals surface area contributed by atoms with E-state index in [2.05, 4.69) is 69.4 Å². The molecule has 0 spiro atoms. The van der Waals surface area contributed by atoms with Crippen LogP contribution in [0, 0.1) is 0 Å². The number of esters is 3. The molecule has 0 amide bonds. The van der Waals surface area contributed by atoms with Crippen molar-refractivity contribution in [3.05, 3.63) is 48.6 Å². The maximum Gasteiger partial charge on any atom is 0.306 e. The van der Waals surface area contributed by atoms with Gasteiger partial charge in [-0.1, -0.05) is 339 Å². The molecule has 0 aliphatic heterocycles. The summed E-state index contributed by atoms with van der Waals surface area (Å²) in [5.41, 5.74) is 0. The van der Waals surface area contributed by atoms with Gasteiger partial charge in [-0.2, -0.15) is 0 Å². The Labute approximate surface area is 479 Å². The van der Waals surface area contributed by atoms with Crippen LogP contribution in [-0.4, -0.2) is 37.2 Å². The Morgan fingerprint density at radius 3 is 0.792 bits per heavy atom. The molecule has 0 aliphatic rings. The van der Waals surface area contributed by atoms with Crippen molar-refractivity contribution < 1.29 is 28.6 Å². The Morgan fingerprint density at radius 1 is 0.273 bits per heavy atom. The van der Waals surface area contributed by atoms with Crippen molar-refractivity contribution >= 4 is 17.9 Å². The van der Waals surface area contributed by atoms with Crippen molar-refractivity contribution in [2.75, 3.05) is 13.2 Å². The molecule has 6 heteroatoms. The summed E-state index contributed by atoms with van der Waals surface area (Å²) in [6.45, 7) is 6.58. The first-order valence-corrected chi connectivity index (χ1v) is 34.1. The summed E-state index contributed by atoms with van der Waals surface area (Å²) in [7, 11) is 0. The molecular formula is C71H130O6. The summed E-state index contributed by atoms with van der Waals surface area (Å²) in [6, 6.07) is 0. The van der Waals surface area contributed by atoms with E-state index in [1.165, 1.54) is 231 Å². The van der Waals surface area contributed by atoms with Gasteiger partial charge in [-0.3, -0.25) is 14.4 Å². The highest BCUT2D eigenvalue weighted by Crippen LogP contribution is 2.18. The molecule has 450 valence electrons. The minimum atomic E-state index is -0.784. The number of ether oxygens (including phenoxy) is 3. The van der Waals surface area contributed by atoms with Crippen molar-refractivity contribution in [1.29, 1.82) is 0 Å². The van der Waals surface area contributed by atoms with Gasteiger partial charge in [0.1, 0.15) is 13.2 Å². The first-order valence-electron chi connectivity index (χ1n) is 34.1. The van der Waals surface area contributed by atoms with Gasteiger partial charge >= 0.3 is 17.9 Å². The van der Waals surface area contributed by atoms with Gasteiger partial charge in [-0.05, 0) is 57.8 Å². The monoisotopic (exact) mass is 1080 g/mol. The van der Waals surface area contributed by atoms with Crippen LogP contribution < -0.4 is 0 Å². The van der Waals surface area contributed by atoms with Crippen LogP contribution in [-0.2, 0) is 28.6 Å². The van der Waals surface area contributed by atoms with E-state index in [1.54, 1.807) is 0 Å². The van der Waals surface area contributed by atoms with Gasteiger partial charge in [0.25, 0.3) is 0 Å². The van der Waals surface area contributed by atoms with E-state index in [9.17, 15) is 14.4 Å². The molecule has 0 radical (unpaired) electrons. The van der Waals surface area contributed by atoms with E-state index in [4.69, 9.17) is 14.2 Å². The van der Waals surface area contributed by atoms with Crippen LogP contribution in [0.25, 0.3) is 0 Å². The Kier molecular flexibility index (Phi) is 63.6. The fraction of sp³-hybridized carbons (Fsp3) is 0.845. The molecule has 0 aromatic carbocycles. The van der Waals surface area contributed by atoms with Crippen molar-refractivity contribution in [3.8, 4) is 0 Å². The lowest BCUT2D eigenvalue weighted by Gasteiger charge is -2.18. The highest BCUT2D eigenvalue weighted by Gasteiger charge is 2.19. The maximum atomic E-state index is 12.9. The summed E-state index contributed by atoms with van der Waals surface area (Å²) in [5, 5.41) is 0. The summed E-state index contributed by atoms with van der Waals surface area (Å²) >= 11 is 0. The second kappa shape index (κ2) is 65.9. The minimum absolute atomic E-state index is 0.0781. The van der Waals surface area contributed by atoms with Gasteiger partial charge in [0.05, 0.1) is 0 Å². The summed E-state index contributed by atoms with van der Waals surface area (Å²) in [5.74, 6) is -0.875. The third kappa shape index (κ3) is 64.1. The van der Waals surface area contributed by atoms with Crippen molar-refractivity contribution in [1.82, 2.24) is 0 Å². The van der Waals surface area contributed by atoms with E-state index in [1.807, 2.05) is 0 Å². The molecule has 0 heterocycles. The van der Waals surface area contributed by atoms with E-state index in [0.29, 0.717) is 19.3 Å². The molecule has 0 bridgehead atoms. The Morgan fingerprint density at radius 2 is 0.506 bits per heavy atom. The summed E-state index contributed by atoms with van der Waals surface area (Å²) < 4.78 is 17.0. The van der Waals surface area contributed by atoms with Crippen LogP contribution in [0.3, 0.4) is 0 Å². The topological polar surface area (TPSA) is 78.9 Å². The van der Waals surface area contributed by atoms with Crippen LogP contribution in [0.1, 0.15) is 367 Å². The maximum absolute atomic E-state index is 12.9. The molecule has 77 heavy (non-hydrogen) atoms. The fourth-order valence-electron chi connectivity index (χ4n) is 10.3. The fourth-order valence-corrected chi connectivity index (χ4v) is 10.3.